The van der Waals surface area contributed by atoms with Crippen molar-refractivity contribution in [2.75, 3.05) is 12.5 Å². The van der Waals surface area contributed by atoms with Crippen LogP contribution in [0, 0.1) is 0 Å². The second-order valence-electron chi connectivity index (χ2n) is 2.51. The van der Waals surface area contributed by atoms with Crippen LogP contribution in [0.15, 0.2) is 0 Å². The molecule has 0 heterocycles. The smallest absolute Gasteiger partial charge is 0.321 e. The van der Waals surface area contributed by atoms with Gasteiger partial charge in [0.25, 0.3) is 0 Å². The molecule has 0 aliphatic rings. The molecule has 0 bridgehead atoms. The summed E-state index contributed by atoms with van der Waals surface area (Å²) in [5, 5.41) is 7.23. The zero-order valence-electron chi connectivity index (χ0n) is 7.69. The average molecular weight is 210 g/mol. The van der Waals surface area contributed by atoms with Crippen LogP contribution < -0.4 is 0 Å². The third kappa shape index (κ3) is 3.73. The van der Waals surface area contributed by atoms with Gasteiger partial charge in [-0.3, -0.25) is 4.79 Å². The van der Waals surface area contributed by atoms with Gasteiger partial charge in [0.05, 0.1) is 0 Å². The van der Waals surface area contributed by atoms with E-state index in [9.17, 15) is 13.2 Å². The van der Waals surface area contributed by atoms with Gasteiger partial charge in [-0.1, -0.05) is 6.92 Å². The van der Waals surface area contributed by atoms with Gasteiger partial charge in [-0.25, -0.2) is 8.42 Å². The maximum Gasteiger partial charge on any atom is 0.321 e. The molecule has 0 rings (SSSR count). The molecule has 1 N–H and O–H groups in total. The number of rotatable bonds is 6. The molecule has 0 saturated carbocycles. The fourth-order valence-electron chi connectivity index (χ4n) is 0.864. The Balaban J connectivity index is 4.49. The molecule has 0 aliphatic carbocycles. The van der Waals surface area contributed by atoms with Crippen LogP contribution in [-0.2, 0) is 19.4 Å². The topological polar surface area (TPSA) is 80.7 Å². The normalized spacial score (nSPS) is 14.0. The summed E-state index contributed by atoms with van der Waals surface area (Å²) in [4.78, 5) is 10.5. The lowest BCUT2D eigenvalue weighted by Crippen LogP contribution is -2.32. The Kier molecular flexibility index (Phi) is 4.94. The van der Waals surface area contributed by atoms with Crippen molar-refractivity contribution in [1.82, 2.24) is 0 Å². The van der Waals surface area contributed by atoms with Gasteiger partial charge < -0.3 is 9.84 Å². The van der Waals surface area contributed by atoms with Crippen LogP contribution in [-0.4, -0.2) is 37.3 Å². The van der Waals surface area contributed by atoms with Crippen molar-refractivity contribution in [3.8, 4) is 0 Å². The molecule has 0 aromatic rings. The minimum absolute atomic E-state index is 0.0603. The zero-order valence-corrected chi connectivity index (χ0v) is 8.50. The van der Waals surface area contributed by atoms with E-state index in [0.717, 1.165) is 0 Å². The van der Waals surface area contributed by atoms with E-state index in [1.165, 1.54) is 6.92 Å². The molecule has 0 aromatic heterocycles. The lowest BCUT2D eigenvalue weighted by Gasteiger charge is -2.10. The van der Waals surface area contributed by atoms with Crippen molar-refractivity contribution in [2.45, 2.75) is 25.5 Å². The van der Waals surface area contributed by atoms with E-state index in [-0.39, 0.29) is 13.0 Å². The Bertz CT molecular complexity index is 256. The highest BCUT2D eigenvalue weighted by Gasteiger charge is 2.30. The summed E-state index contributed by atoms with van der Waals surface area (Å²) in [6.45, 7) is 3.43. The molecule has 0 saturated heterocycles. The molecule has 6 heteroatoms. The highest BCUT2D eigenvalue weighted by Crippen LogP contribution is 2.07. The molecule has 78 valence electrons. The number of aliphatic carboxylic acids is 1. The molecule has 0 radical (unpaired) electrons. The van der Waals surface area contributed by atoms with Gasteiger partial charge in [-0.15, -0.1) is 0 Å². The van der Waals surface area contributed by atoms with Crippen LogP contribution in [0.2, 0.25) is 0 Å². The first kappa shape index (κ1) is 12.4. The van der Waals surface area contributed by atoms with Crippen LogP contribution in [0.5, 0.6) is 0 Å². The predicted molar refractivity (Wildman–Crippen MR) is 47.1 cm³/mol. The Morgan fingerprint density at radius 2 is 2.00 bits per heavy atom. The second kappa shape index (κ2) is 5.18. The minimum Gasteiger partial charge on any atom is -0.480 e. The number of carboxylic acid groups (broad SMARTS) is 1. The average Bonchev–Trinajstić information content (AvgIpc) is 2.01. The quantitative estimate of drug-likeness (QED) is 0.680. The van der Waals surface area contributed by atoms with E-state index in [1.807, 2.05) is 0 Å². The van der Waals surface area contributed by atoms with Gasteiger partial charge in [0, 0.05) is 6.61 Å². The molecule has 0 aromatic carbocycles. The Morgan fingerprint density at radius 3 is 2.31 bits per heavy atom. The fraction of sp³-hybridized carbons (Fsp3) is 0.857. The summed E-state index contributed by atoms with van der Waals surface area (Å²) >= 11 is 0. The highest BCUT2D eigenvalue weighted by atomic mass is 32.2. The highest BCUT2D eigenvalue weighted by molar-refractivity contribution is 7.92. The van der Waals surface area contributed by atoms with Crippen LogP contribution >= 0.6 is 0 Å². The standard InChI is InChI=1S/C7H14O5S/c1-3-6(7(8)9)13(10,11)5-12-4-2/h6H,3-5H2,1-2H3,(H,8,9). The zero-order chi connectivity index (χ0) is 10.5. The van der Waals surface area contributed by atoms with Gasteiger partial charge in [0.2, 0.25) is 0 Å². The van der Waals surface area contributed by atoms with Gasteiger partial charge in [0.1, 0.15) is 5.94 Å². The summed E-state index contributed by atoms with van der Waals surface area (Å²) in [6.07, 6.45) is 0.0603. The van der Waals surface area contributed by atoms with Gasteiger partial charge in [-0.2, -0.15) is 0 Å². The Labute approximate surface area is 77.6 Å². The summed E-state index contributed by atoms with van der Waals surface area (Å²) in [7, 11) is -3.66. The first-order chi connectivity index (χ1) is 5.95. The van der Waals surface area contributed by atoms with E-state index in [1.54, 1.807) is 6.92 Å². The monoisotopic (exact) mass is 210 g/mol. The molecular formula is C7H14O5S. The van der Waals surface area contributed by atoms with Crippen molar-refractivity contribution >= 4 is 15.8 Å². The fourth-order valence-corrected chi connectivity index (χ4v) is 2.24. The van der Waals surface area contributed by atoms with E-state index >= 15 is 0 Å². The van der Waals surface area contributed by atoms with Crippen LogP contribution in [0.4, 0.5) is 0 Å². The number of carboxylic acids is 1. The summed E-state index contributed by atoms with van der Waals surface area (Å²) < 4.78 is 27.2. The van der Waals surface area contributed by atoms with Crippen molar-refractivity contribution in [3.63, 3.8) is 0 Å². The van der Waals surface area contributed by atoms with E-state index in [0.29, 0.717) is 0 Å². The van der Waals surface area contributed by atoms with Crippen LogP contribution in [0.3, 0.4) is 0 Å². The number of hydrogen-bond acceptors (Lipinski definition) is 4. The third-order valence-corrected chi connectivity index (χ3v) is 3.43. The summed E-state index contributed by atoms with van der Waals surface area (Å²) in [5.74, 6) is -1.84. The second-order valence-corrected chi connectivity index (χ2v) is 4.64. The lowest BCUT2D eigenvalue weighted by atomic mass is 10.3. The Morgan fingerprint density at radius 1 is 1.46 bits per heavy atom. The maximum atomic E-state index is 11.3. The lowest BCUT2D eigenvalue weighted by molar-refractivity contribution is -0.136. The summed E-state index contributed by atoms with van der Waals surface area (Å²) in [6, 6.07) is 0. The largest absolute Gasteiger partial charge is 0.480 e. The number of hydrogen-bond donors (Lipinski definition) is 1. The molecule has 1 unspecified atom stereocenters. The van der Waals surface area contributed by atoms with Crippen molar-refractivity contribution in [3.05, 3.63) is 0 Å². The molecule has 0 spiro atoms. The van der Waals surface area contributed by atoms with Gasteiger partial charge >= 0.3 is 5.97 Å². The number of sulfone groups is 1. The maximum absolute atomic E-state index is 11.3. The molecular weight excluding hydrogens is 196 g/mol. The van der Waals surface area contributed by atoms with E-state index in [4.69, 9.17) is 5.11 Å². The van der Waals surface area contributed by atoms with Crippen molar-refractivity contribution in [1.29, 1.82) is 0 Å². The molecule has 1 atom stereocenters. The molecule has 0 aliphatic heterocycles. The Hall–Kier alpha value is -0.620. The first-order valence-electron chi connectivity index (χ1n) is 3.97. The molecule has 0 amide bonds. The van der Waals surface area contributed by atoms with Crippen LogP contribution in [0.1, 0.15) is 20.3 Å². The van der Waals surface area contributed by atoms with Crippen molar-refractivity contribution < 1.29 is 23.1 Å². The molecule has 0 fully saturated rings. The van der Waals surface area contributed by atoms with Gasteiger partial charge in [-0.05, 0) is 13.3 Å². The van der Waals surface area contributed by atoms with E-state index in [2.05, 4.69) is 4.74 Å². The first-order valence-corrected chi connectivity index (χ1v) is 5.69. The molecule has 13 heavy (non-hydrogen) atoms. The van der Waals surface area contributed by atoms with E-state index < -0.39 is 27.0 Å². The SMILES string of the molecule is CCOCS(=O)(=O)C(CC)C(=O)O. The predicted octanol–water partition coefficient (Wildman–Crippen LogP) is 0.258. The van der Waals surface area contributed by atoms with Gasteiger partial charge in [0.15, 0.2) is 15.1 Å². The molecule has 5 nitrogen and oxygen atoms in total. The van der Waals surface area contributed by atoms with Crippen LogP contribution in [0.25, 0.3) is 0 Å². The third-order valence-electron chi connectivity index (χ3n) is 1.53. The number of ether oxygens (including phenoxy) is 1. The minimum atomic E-state index is -3.66. The van der Waals surface area contributed by atoms with Crippen molar-refractivity contribution in [2.24, 2.45) is 0 Å². The number of carbonyl (C=O) groups is 1. The summed E-state index contributed by atoms with van der Waals surface area (Å²) in [5.41, 5.74) is 0.